The summed E-state index contributed by atoms with van der Waals surface area (Å²) in [6.45, 7) is 4.66. The summed E-state index contributed by atoms with van der Waals surface area (Å²) in [4.78, 5) is 12.8. The van der Waals surface area contributed by atoms with E-state index in [0.29, 0.717) is 17.3 Å². The number of benzene rings is 3. The Labute approximate surface area is 192 Å². The van der Waals surface area contributed by atoms with Crippen LogP contribution >= 0.6 is 11.6 Å². The van der Waals surface area contributed by atoms with Crippen LogP contribution in [-0.2, 0) is 11.3 Å². The van der Waals surface area contributed by atoms with Gasteiger partial charge in [0, 0.05) is 39.9 Å². The van der Waals surface area contributed by atoms with Crippen LogP contribution in [0.2, 0.25) is 5.02 Å². The third-order valence-electron chi connectivity index (χ3n) is 5.39. The minimum absolute atomic E-state index is 0.0277. The molecule has 1 N–H and O–H groups in total. The molecule has 3 aromatic carbocycles. The fourth-order valence-electron chi connectivity index (χ4n) is 3.58. The number of para-hydroxylation sites is 1. The number of anilines is 1. The van der Waals surface area contributed by atoms with Crippen molar-refractivity contribution in [2.24, 2.45) is 0 Å². The topological polar surface area (TPSA) is 57.8 Å². The number of aryl methyl sites for hydroxylation is 2. The largest absolute Gasteiger partial charge is 0.342 e. The molecule has 0 unspecified atom stereocenters. The standard InChI is InChI=1S/C27H22ClN3O/c1-18-7-10-20(11-8-18)16-31-17-22(24-5-3-4-6-26(24)31)13-21(15-29)27(32)30-23-12-9-19(2)25(28)14-23/h3-14,17H,16H2,1-2H3,(H,30,32)/b21-13-. The predicted octanol–water partition coefficient (Wildman–Crippen LogP) is 6.51. The van der Waals surface area contributed by atoms with E-state index in [2.05, 4.69) is 41.1 Å². The van der Waals surface area contributed by atoms with Gasteiger partial charge in [0.1, 0.15) is 11.6 Å². The Hall–Kier alpha value is -3.81. The molecule has 1 amide bonds. The van der Waals surface area contributed by atoms with E-state index < -0.39 is 5.91 Å². The van der Waals surface area contributed by atoms with Crippen molar-refractivity contribution in [1.29, 1.82) is 5.26 Å². The second-order valence-corrected chi connectivity index (χ2v) is 8.21. The Kier molecular flexibility index (Phi) is 6.11. The summed E-state index contributed by atoms with van der Waals surface area (Å²) in [7, 11) is 0. The minimum Gasteiger partial charge on any atom is -0.342 e. The molecule has 0 aliphatic carbocycles. The van der Waals surface area contributed by atoms with Gasteiger partial charge in [0.25, 0.3) is 5.91 Å². The highest BCUT2D eigenvalue weighted by Gasteiger charge is 2.13. The zero-order valence-electron chi connectivity index (χ0n) is 17.9. The van der Waals surface area contributed by atoms with Crippen molar-refractivity contribution < 1.29 is 4.79 Å². The van der Waals surface area contributed by atoms with Gasteiger partial charge in [0.05, 0.1) is 0 Å². The molecule has 0 spiro atoms. The first-order chi connectivity index (χ1) is 15.4. The van der Waals surface area contributed by atoms with Crippen molar-refractivity contribution in [3.63, 3.8) is 0 Å². The van der Waals surface area contributed by atoms with E-state index in [4.69, 9.17) is 11.6 Å². The van der Waals surface area contributed by atoms with Crippen LogP contribution in [0.5, 0.6) is 0 Å². The van der Waals surface area contributed by atoms with Crippen LogP contribution in [-0.4, -0.2) is 10.5 Å². The second kappa shape index (κ2) is 9.13. The first-order valence-electron chi connectivity index (χ1n) is 10.3. The number of nitrogens with one attached hydrogen (secondary N) is 1. The van der Waals surface area contributed by atoms with Gasteiger partial charge >= 0.3 is 0 Å². The maximum Gasteiger partial charge on any atom is 0.266 e. The lowest BCUT2D eigenvalue weighted by atomic mass is 10.1. The van der Waals surface area contributed by atoms with E-state index in [0.717, 1.165) is 22.0 Å². The molecular weight excluding hydrogens is 418 g/mol. The zero-order valence-corrected chi connectivity index (χ0v) is 18.6. The Morgan fingerprint density at radius 1 is 1.09 bits per heavy atom. The van der Waals surface area contributed by atoms with Gasteiger partial charge in [-0.3, -0.25) is 4.79 Å². The van der Waals surface area contributed by atoms with Crippen LogP contribution in [0.3, 0.4) is 0 Å². The molecule has 4 rings (SSSR count). The molecule has 32 heavy (non-hydrogen) atoms. The number of rotatable bonds is 5. The summed E-state index contributed by atoms with van der Waals surface area (Å²) in [6.07, 6.45) is 3.62. The normalized spacial score (nSPS) is 11.4. The van der Waals surface area contributed by atoms with Gasteiger partial charge in [-0.1, -0.05) is 65.7 Å². The van der Waals surface area contributed by atoms with Gasteiger partial charge in [0.2, 0.25) is 0 Å². The number of halogens is 1. The monoisotopic (exact) mass is 439 g/mol. The molecule has 1 aromatic heterocycles. The number of nitrogens with zero attached hydrogens (tertiary/aromatic N) is 2. The Morgan fingerprint density at radius 3 is 2.56 bits per heavy atom. The number of fused-ring (bicyclic) bond motifs is 1. The van der Waals surface area contributed by atoms with E-state index in [1.54, 1.807) is 18.2 Å². The van der Waals surface area contributed by atoms with Crippen LogP contribution in [0.25, 0.3) is 17.0 Å². The van der Waals surface area contributed by atoms with Crippen molar-refractivity contribution in [3.05, 3.63) is 106 Å². The lowest BCUT2D eigenvalue weighted by molar-refractivity contribution is -0.112. The molecule has 1 heterocycles. The summed E-state index contributed by atoms with van der Waals surface area (Å²) in [5.41, 5.74) is 5.76. The van der Waals surface area contributed by atoms with Gasteiger partial charge in [-0.25, -0.2) is 0 Å². The number of hydrogen-bond donors (Lipinski definition) is 1. The third kappa shape index (κ3) is 4.59. The molecule has 0 aliphatic rings. The molecule has 158 valence electrons. The summed E-state index contributed by atoms with van der Waals surface area (Å²) in [5, 5.41) is 14.0. The fraction of sp³-hybridized carbons (Fsp3) is 0.111. The van der Waals surface area contributed by atoms with E-state index in [-0.39, 0.29) is 5.57 Å². The van der Waals surface area contributed by atoms with Crippen LogP contribution < -0.4 is 5.32 Å². The molecule has 0 fully saturated rings. The number of amides is 1. The maximum absolute atomic E-state index is 12.8. The average Bonchev–Trinajstić information content (AvgIpc) is 3.13. The number of carbonyl (C=O) groups excluding carboxylic acids is 1. The highest BCUT2D eigenvalue weighted by atomic mass is 35.5. The van der Waals surface area contributed by atoms with E-state index >= 15 is 0 Å². The zero-order chi connectivity index (χ0) is 22.7. The molecule has 0 aliphatic heterocycles. The van der Waals surface area contributed by atoms with Crippen molar-refractivity contribution in [3.8, 4) is 6.07 Å². The number of hydrogen-bond acceptors (Lipinski definition) is 2. The minimum atomic E-state index is -0.470. The maximum atomic E-state index is 12.8. The summed E-state index contributed by atoms with van der Waals surface area (Å²) < 4.78 is 2.14. The molecule has 4 nitrogen and oxygen atoms in total. The Bertz CT molecular complexity index is 1370. The lowest BCUT2D eigenvalue weighted by Crippen LogP contribution is -2.13. The highest BCUT2D eigenvalue weighted by molar-refractivity contribution is 6.31. The first kappa shape index (κ1) is 21.4. The molecule has 0 saturated heterocycles. The quantitative estimate of drug-likeness (QED) is 0.285. The van der Waals surface area contributed by atoms with Gasteiger partial charge in [-0.15, -0.1) is 0 Å². The van der Waals surface area contributed by atoms with Crippen LogP contribution in [0.1, 0.15) is 22.3 Å². The van der Waals surface area contributed by atoms with Crippen molar-refractivity contribution in [2.45, 2.75) is 20.4 Å². The summed E-state index contributed by atoms with van der Waals surface area (Å²) >= 11 is 6.15. The fourth-order valence-corrected chi connectivity index (χ4v) is 3.76. The molecule has 0 radical (unpaired) electrons. The number of carbonyl (C=O) groups is 1. The van der Waals surface area contributed by atoms with Crippen LogP contribution in [0, 0.1) is 25.2 Å². The number of nitriles is 1. The Balaban J connectivity index is 1.66. The summed E-state index contributed by atoms with van der Waals surface area (Å²) in [5.74, 6) is -0.470. The predicted molar refractivity (Wildman–Crippen MR) is 131 cm³/mol. The smallest absolute Gasteiger partial charge is 0.266 e. The lowest BCUT2D eigenvalue weighted by Gasteiger charge is -2.06. The molecule has 0 bridgehead atoms. The molecule has 0 atom stereocenters. The van der Waals surface area contributed by atoms with Gasteiger partial charge in [-0.2, -0.15) is 5.26 Å². The van der Waals surface area contributed by atoms with Crippen LogP contribution in [0.4, 0.5) is 5.69 Å². The SMILES string of the molecule is Cc1ccc(Cn2cc(/C=C(/C#N)C(=O)Nc3ccc(C)c(Cl)c3)c3ccccc32)cc1. The van der Waals surface area contributed by atoms with Crippen molar-refractivity contribution >= 4 is 40.2 Å². The van der Waals surface area contributed by atoms with Crippen LogP contribution in [0.15, 0.2) is 78.5 Å². The molecule has 5 heteroatoms. The molecular formula is C27H22ClN3O. The van der Waals surface area contributed by atoms with Gasteiger partial charge in [-0.05, 0) is 49.2 Å². The van der Waals surface area contributed by atoms with E-state index in [1.165, 1.54) is 11.1 Å². The first-order valence-corrected chi connectivity index (χ1v) is 10.6. The average molecular weight is 440 g/mol. The van der Waals surface area contributed by atoms with Crippen molar-refractivity contribution in [2.75, 3.05) is 5.32 Å². The van der Waals surface area contributed by atoms with E-state index in [1.807, 2.05) is 49.5 Å². The highest BCUT2D eigenvalue weighted by Crippen LogP contribution is 2.25. The third-order valence-corrected chi connectivity index (χ3v) is 5.79. The summed E-state index contributed by atoms with van der Waals surface area (Å²) in [6, 6.07) is 23.7. The number of aromatic nitrogens is 1. The van der Waals surface area contributed by atoms with E-state index in [9.17, 15) is 10.1 Å². The molecule has 0 saturated carbocycles. The molecule has 4 aromatic rings. The van der Waals surface area contributed by atoms with Gasteiger partial charge < -0.3 is 9.88 Å². The Morgan fingerprint density at radius 2 is 1.84 bits per heavy atom. The van der Waals surface area contributed by atoms with Crippen molar-refractivity contribution in [1.82, 2.24) is 4.57 Å². The van der Waals surface area contributed by atoms with Gasteiger partial charge in [0.15, 0.2) is 0 Å². The second-order valence-electron chi connectivity index (χ2n) is 7.80.